The maximum atomic E-state index is 5.56. The molecular formula is C55H36N2S. The van der Waals surface area contributed by atoms with Crippen LogP contribution in [0.2, 0.25) is 0 Å². The topological polar surface area (TPSA) is 25.8 Å². The van der Waals surface area contributed by atoms with Crippen LogP contribution >= 0.6 is 11.3 Å². The molecule has 1 aliphatic rings. The number of nitrogens with zero attached hydrogens (tertiary/aromatic N) is 2. The first-order valence-corrected chi connectivity index (χ1v) is 20.8. The van der Waals surface area contributed by atoms with Crippen LogP contribution in [0.25, 0.3) is 109 Å². The molecule has 12 rings (SSSR count). The van der Waals surface area contributed by atoms with Crippen LogP contribution in [0.15, 0.2) is 182 Å². The predicted octanol–water partition coefficient (Wildman–Crippen LogP) is 15.3. The summed E-state index contributed by atoms with van der Waals surface area (Å²) in [5.74, 6) is 0. The standard InChI is InChI=1S/C55H36N2S/c1-55(2)48-22-11-10-21-44(48)45-27-24-38(32-49(45)55)52-51(33-13-4-3-5-14-33)57-54-53(56-52)47-31-37(25-28-50(47)58-54)35-16-12-15-34(29-35)36-23-26-43-41-19-7-6-17-39(41)40-18-8-9-20-42(40)46(43)30-36/h3-32H,1-2H3. The molecule has 0 saturated heterocycles. The highest BCUT2D eigenvalue weighted by molar-refractivity contribution is 7.25. The second-order valence-corrected chi connectivity index (χ2v) is 17.1. The zero-order valence-electron chi connectivity index (χ0n) is 32.1. The van der Waals surface area contributed by atoms with E-state index >= 15 is 0 Å². The lowest BCUT2D eigenvalue weighted by Crippen LogP contribution is -2.15. The van der Waals surface area contributed by atoms with E-state index in [1.165, 1.54) is 81.5 Å². The Labute approximate surface area is 340 Å². The van der Waals surface area contributed by atoms with Gasteiger partial charge in [-0.25, -0.2) is 9.97 Å². The van der Waals surface area contributed by atoms with E-state index in [0.29, 0.717) is 0 Å². The van der Waals surface area contributed by atoms with Crippen LogP contribution in [0.1, 0.15) is 25.0 Å². The Bertz CT molecular complexity index is 3450. The monoisotopic (exact) mass is 756 g/mol. The van der Waals surface area contributed by atoms with Crippen molar-refractivity contribution < 1.29 is 0 Å². The lowest BCUT2D eigenvalue weighted by molar-refractivity contribution is 0.660. The molecule has 0 N–H and O–H groups in total. The number of benzene rings is 9. The molecular weight excluding hydrogens is 721 g/mol. The number of fused-ring (bicyclic) bond motifs is 12. The van der Waals surface area contributed by atoms with Gasteiger partial charge in [-0.2, -0.15) is 0 Å². The van der Waals surface area contributed by atoms with E-state index in [-0.39, 0.29) is 5.41 Å². The second kappa shape index (κ2) is 12.5. The van der Waals surface area contributed by atoms with Gasteiger partial charge in [-0.3, -0.25) is 0 Å². The van der Waals surface area contributed by atoms with Gasteiger partial charge in [0.05, 0.1) is 11.4 Å². The van der Waals surface area contributed by atoms with Gasteiger partial charge in [0.15, 0.2) is 0 Å². The molecule has 0 radical (unpaired) electrons. The van der Waals surface area contributed by atoms with E-state index in [4.69, 9.17) is 9.97 Å². The number of aromatic nitrogens is 2. The molecule has 0 atom stereocenters. The Kier molecular flexibility index (Phi) is 7.18. The summed E-state index contributed by atoms with van der Waals surface area (Å²) in [6.07, 6.45) is 0. The zero-order chi connectivity index (χ0) is 38.5. The van der Waals surface area contributed by atoms with Crippen LogP contribution in [0, 0.1) is 0 Å². The molecule has 2 aromatic heterocycles. The predicted molar refractivity (Wildman–Crippen MR) is 247 cm³/mol. The fraction of sp³-hybridized carbons (Fsp3) is 0.0545. The molecule has 0 saturated carbocycles. The summed E-state index contributed by atoms with van der Waals surface area (Å²) in [4.78, 5) is 11.9. The zero-order valence-corrected chi connectivity index (χ0v) is 32.9. The van der Waals surface area contributed by atoms with Crippen molar-refractivity contribution in [2.24, 2.45) is 0 Å². The van der Waals surface area contributed by atoms with E-state index in [1.807, 2.05) is 0 Å². The SMILES string of the molecule is CC1(C)c2ccccc2-c2ccc(-c3nc4c(nc3-c3ccccc3)sc3ccc(-c5cccc(-c6ccc7c8ccccc8c8ccccc8c7c6)c5)cc34)cc21. The molecule has 272 valence electrons. The minimum atomic E-state index is -0.111. The smallest absolute Gasteiger partial charge is 0.143 e. The van der Waals surface area contributed by atoms with E-state index < -0.39 is 0 Å². The third-order valence-corrected chi connectivity index (χ3v) is 13.5. The lowest BCUT2D eigenvalue weighted by atomic mass is 9.82. The summed E-state index contributed by atoms with van der Waals surface area (Å²) in [6, 6.07) is 66.5. The van der Waals surface area contributed by atoms with Gasteiger partial charge in [0.1, 0.15) is 10.3 Å². The Hall–Kier alpha value is -6.94. The first kappa shape index (κ1) is 33.2. The molecule has 0 fully saturated rings. The average molecular weight is 757 g/mol. The minimum Gasteiger partial charge on any atom is -0.242 e. The molecule has 11 aromatic rings. The largest absolute Gasteiger partial charge is 0.242 e. The van der Waals surface area contributed by atoms with Crippen molar-refractivity contribution in [2.45, 2.75) is 19.3 Å². The fourth-order valence-electron chi connectivity index (χ4n) is 9.57. The van der Waals surface area contributed by atoms with E-state index in [9.17, 15) is 0 Å². The number of hydrogen-bond donors (Lipinski definition) is 0. The average Bonchev–Trinajstić information content (AvgIpc) is 3.76. The van der Waals surface area contributed by atoms with Gasteiger partial charge in [-0.05, 0) is 107 Å². The first-order chi connectivity index (χ1) is 28.5. The second-order valence-electron chi connectivity index (χ2n) is 16.1. The Morgan fingerprint density at radius 3 is 1.64 bits per heavy atom. The van der Waals surface area contributed by atoms with E-state index in [1.54, 1.807) is 11.3 Å². The molecule has 2 heterocycles. The van der Waals surface area contributed by atoms with Gasteiger partial charge in [0.25, 0.3) is 0 Å². The molecule has 0 amide bonds. The molecule has 2 nitrogen and oxygen atoms in total. The third kappa shape index (κ3) is 4.97. The summed E-state index contributed by atoms with van der Waals surface area (Å²) < 4.78 is 1.19. The van der Waals surface area contributed by atoms with E-state index in [2.05, 4.69) is 196 Å². The van der Waals surface area contributed by atoms with E-state index in [0.717, 1.165) is 38.2 Å². The highest BCUT2D eigenvalue weighted by atomic mass is 32.1. The van der Waals surface area contributed by atoms with Gasteiger partial charge < -0.3 is 0 Å². The number of hydrogen-bond acceptors (Lipinski definition) is 3. The first-order valence-electron chi connectivity index (χ1n) is 20.0. The van der Waals surface area contributed by atoms with Crippen molar-refractivity contribution in [1.29, 1.82) is 0 Å². The molecule has 3 heteroatoms. The van der Waals surface area contributed by atoms with Gasteiger partial charge in [-0.15, -0.1) is 11.3 Å². The van der Waals surface area contributed by atoms with Gasteiger partial charge >= 0.3 is 0 Å². The normalized spacial score (nSPS) is 13.1. The number of thiophene rings is 1. The quantitative estimate of drug-likeness (QED) is 0.167. The summed E-state index contributed by atoms with van der Waals surface area (Å²) in [7, 11) is 0. The highest BCUT2D eigenvalue weighted by Crippen LogP contribution is 2.50. The summed E-state index contributed by atoms with van der Waals surface area (Å²) in [6.45, 7) is 4.67. The summed E-state index contributed by atoms with van der Waals surface area (Å²) in [5, 5.41) is 8.87. The maximum Gasteiger partial charge on any atom is 0.143 e. The third-order valence-electron chi connectivity index (χ3n) is 12.5. The van der Waals surface area contributed by atoms with Crippen molar-refractivity contribution in [3.63, 3.8) is 0 Å². The van der Waals surface area contributed by atoms with Gasteiger partial charge in [-0.1, -0.05) is 166 Å². The van der Waals surface area contributed by atoms with Crippen molar-refractivity contribution in [2.75, 3.05) is 0 Å². The van der Waals surface area contributed by atoms with Crippen LogP contribution in [-0.4, -0.2) is 9.97 Å². The van der Waals surface area contributed by atoms with Crippen LogP contribution in [0.3, 0.4) is 0 Å². The molecule has 58 heavy (non-hydrogen) atoms. The molecule has 9 aromatic carbocycles. The molecule has 1 aliphatic carbocycles. The van der Waals surface area contributed by atoms with Crippen LogP contribution in [-0.2, 0) is 5.41 Å². The van der Waals surface area contributed by atoms with Crippen molar-refractivity contribution in [1.82, 2.24) is 9.97 Å². The van der Waals surface area contributed by atoms with Crippen molar-refractivity contribution in [3.05, 3.63) is 193 Å². The fourth-order valence-corrected chi connectivity index (χ4v) is 10.6. The van der Waals surface area contributed by atoms with Gasteiger partial charge in [0.2, 0.25) is 0 Å². The molecule has 0 bridgehead atoms. The minimum absolute atomic E-state index is 0.111. The molecule has 0 unspecified atom stereocenters. The Morgan fingerprint density at radius 2 is 0.897 bits per heavy atom. The van der Waals surface area contributed by atoms with Crippen molar-refractivity contribution in [3.8, 4) is 55.9 Å². The van der Waals surface area contributed by atoms with Crippen LogP contribution in [0.5, 0.6) is 0 Å². The maximum absolute atomic E-state index is 5.56. The highest BCUT2D eigenvalue weighted by Gasteiger charge is 2.35. The van der Waals surface area contributed by atoms with Gasteiger partial charge in [0, 0.05) is 26.6 Å². The number of rotatable bonds is 4. The summed E-state index contributed by atoms with van der Waals surface area (Å²) in [5.41, 5.74) is 14.9. The van der Waals surface area contributed by atoms with Crippen LogP contribution in [0.4, 0.5) is 0 Å². The Balaban J connectivity index is 0.995. The lowest BCUT2D eigenvalue weighted by Gasteiger charge is -2.22. The van der Waals surface area contributed by atoms with Crippen LogP contribution < -0.4 is 0 Å². The molecule has 0 spiro atoms. The van der Waals surface area contributed by atoms with Crippen molar-refractivity contribution >= 4 is 64.1 Å². The Morgan fingerprint density at radius 1 is 0.362 bits per heavy atom. The summed E-state index contributed by atoms with van der Waals surface area (Å²) >= 11 is 1.72. The molecule has 0 aliphatic heterocycles.